The van der Waals surface area contributed by atoms with Crippen molar-refractivity contribution >= 4 is 23.1 Å². The van der Waals surface area contributed by atoms with Crippen LogP contribution in [0.25, 0.3) is 0 Å². The summed E-state index contributed by atoms with van der Waals surface area (Å²) in [4.78, 5) is 14.0. The molecule has 0 bridgehead atoms. The highest BCUT2D eigenvalue weighted by Crippen LogP contribution is 2.17. The zero-order valence-corrected chi connectivity index (χ0v) is 9.48. The summed E-state index contributed by atoms with van der Waals surface area (Å²) in [5.41, 5.74) is 5.41. The second-order valence-corrected chi connectivity index (χ2v) is 4.55. The summed E-state index contributed by atoms with van der Waals surface area (Å²) in [6.45, 7) is 3.76. The van der Waals surface area contributed by atoms with E-state index in [2.05, 4.69) is 6.92 Å². The van der Waals surface area contributed by atoms with Gasteiger partial charge >= 0.3 is 0 Å². The minimum Gasteiger partial charge on any atom is -0.393 e. The molecule has 1 atom stereocenters. The van der Waals surface area contributed by atoms with Gasteiger partial charge in [-0.25, -0.2) is 0 Å². The van der Waals surface area contributed by atoms with Crippen molar-refractivity contribution in [1.82, 2.24) is 4.90 Å². The van der Waals surface area contributed by atoms with E-state index in [9.17, 15) is 4.79 Å². The average molecular weight is 214 g/mol. The van der Waals surface area contributed by atoms with Crippen LogP contribution in [-0.2, 0) is 4.79 Å². The zero-order chi connectivity index (χ0) is 10.6. The van der Waals surface area contributed by atoms with E-state index >= 15 is 0 Å². The van der Waals surface area contributed by atoms with Gasteiger partial charge in [0.1, 0.15) is 0 Å². The smallest absolute Gasteiger partial charge is 0.222 e. The van der Waals surface area contributed by atoms with Crippen LogP contribution in [0.3, 0.4) is 0 Å². The minimum atomic E-state index is 0.255. The first kappa shape index (κ1) is 11.4. The molecular weight excluding hydrogens is 196 g/mol. The van der Waals surface area contributed by atoms with Gasteiger partial charge in [-0.3, -0.25) is 4.79 Å². The molecule has 1 fully saturated rings. The standard InChI is InChI=1S/C10H18N2OS/c1-8-2-3-10(13)12(6-4-8)7-5-9(11)14/h8H,2-7H2,1H3,(H2,11,14). The molecule has 1 rings (SSSR count). The van der Waals surface area contributed by atoms with E-state index in [4.69, 9.17) is 18.0 Å². The first-order chi connectivity index (χ1) is 6.59. The fourth-order valence-corrected chi connectivity index (χ4v) is 1.75. The highest BCUT2D eigenvalue weighted by atomic mass is 32.1. The molecule has 0 saturated carbocycles. The molecule has 0 aliphatic carbocycles. The second-order valence-electron chi connectivity index (χ2n) is 4.03. The molecule has 0 radical (unpaired) electrons. The average Bonchev–Trinajstić information content (AvgIpc) is 2.27. The molecule has 1 saturated heterocycles. The molecule has 14 heavy (non-hydrogen) atoms. The molecule has 3 nitrogen and oxygen atoms in total. The summed E-state index contributed by atoms with van der Waals surface area (Å²) in [6, 6.07) is 0. The van der Waals surface area contributed by atoms with Crippen LogP contribution in [-0.4, -0.2) is 28.9 Å². The van der Waals surface area contributed by atoms with E-state index in [1.54, 1.807) is 0 Å². The highest BCUT2D eigenvalue weighted by molar-refractivity contribution is 7.80. The number of thiocarbonyl (C=S) groups is 1. The van der Waals surface area contributed by atoms with Gasteiger partial charge in [0.2, 0.25) is 5.91 Å². The first-order valence-corrected chi connectivity index (χ1v) is 5.56. The van der Waals surface area contributed by atoms with E-state index in [1.165, 1.54) is 0 Å². The van der Waals surface area contributed by atoms with Gasteiger partial charge in [0, 0.05) is 25.9 Å². The molecule has 0 aromatic heterocycles. The third-order valence-electron chi connectivity index (χ3n) is 2.72. The van der Waals surface area contributed by atoms with Gasteiger partial charge in [0.15, 0.2) is 0 Å². The van der Waals surface area contributed by atoms with Crippen molar-refractivity contribution in [2.45, 2.75) is 32.6 Å². The van der Waals surface area contributed by atoms with Crippen LogP contribution in [0.4, 0.5) is 0 Å². The number of amides is 1. The minimum absolute atomic E-state index is 0.255. The van der Waals surface area contributed by atoms with Gasteiger partial charge in [0.05, 0.1) is 4.99 Å². The van der Waals surface area contributed by atoms with E-state index < -0.39 is 0 Å². The van der Waals surface area contributed by atoms with Crippen LogP contribution in [0.15, 0.2) is 0 Å². The molecule has 1 heterocycles. The predicted molar refractivity (Wildman–Crippen MR) is 61.0 cm³/mol. The van der Waals surface area contributed by atoms with Gasteiger partial charge < -0.3 is 10.6 Å². The van der Waals surface area contributed by atoms with Crippen molar-refractivity contribution in [2.24, 2.45) is 11.7 Å². The van der Waals surface area contributed by atoms with Gasteiger partial charge in [-0.15, -0.1) is 0 Å². The maximum Gasteiger partial charge on any atom is 0.222 e. The lowest BCUT2D eigenvalue weighted by molar-refractivity contribution is -0.130. The van der Waals surface area contributed by atoms with Crippen LogP contribution in [0.1, 0.15) is 32.6 Å². The van der Waals surface area contributed by atoms with Crippen molar-refractivity contribution in [3.63, 3.8) is 0 Å². The molecule has 0 spiro atoms. The van der Waals surface area contributed by atoms with E-state index in [0.29, 0.717) is 30.3 Å². The van der Waals surface area contributed by atoms with Crippen LogP contribution in [0.5, 0.6) is 0 Å². The van der Waals surface area contributed by atoms with Crippen molar-refractivity contribution in [3.05, 3.63) is 0 Å². The maximum atomic E-state index is 11.6. The normalized spacial score (nSPS) is 23.4. The Morgan fingerprint density at radius 3 is 3.00 bits per heavy atom. The van der Waals surface area contributed by atoms with Gasteiger partial charge in [-0.2, -0.15) is 0 Å². The van der Waals surface area contributed by atoms with Crippen molar-refractivity contribution < 1.29 is 4.79 Å². The third kappa shape index (κ3) is 3.62. The molecule has 1 unspecified atom stereocenters. The lowest BCUT2D eigenvalue weighted by Crippen LogP contribution is -2.33. The van der Waals surface area contributed by atoms with Crippen LogP contribution < -0.4 is 5.73 Å². The number of nitrogens with two attached hydrogens (primary N) is 1. The fourth-order valence-electron chi connectivity index (χ4n) is 1.65. The van der Waals surface area contributed by atoms with Crippen molar-refractivity contribution in [2.75, 3.05) is 13.1 Å². The topological polar surface area (TPSA) is 46.3 Å². The number of nitrogens with zero attached hydrogens (tertiary/aromatic N) is 1. The Bertz CT molecular complexity index is 230. The van der Waals surface area contributed by atoms with E-state index in [-0.39, 0.29) is 5.91 Å². The molecule has 1 aliphatic heterocycles. The summed E-state index contributed by atoms with van der Waals surface area (Å²) in [5.74, 6) is 0.916. The Labute approximate surface area is 90.6 Å². The Hall–Kier alpha value is -0.640. The van der Waals surface area contributed by atoms with Crippen molar-refractivity contribution in [3.8, 4) is 0 Å². The SMILES string of the molecule is CC1CCC(=O)N(CCC(N)=S)CC1. The monoisotopic (exact) mass is 214 g/mol. The second kappa shape index (κ2) is 5.29. The van der Waals surface area contributed by atoms with Gasteiger partial charge in [-0.05, 0) is 18.8 Å². The lowest BCUT2D eigenvalue weighted by Gasteiger charge is -2.20. The molecule has 0 aromatic carbocycles. The molecular formula is C10H18N2OS. The highest BCUT2D eigenvalue weighted by Gasteiger charge is 2.19. The van der Waals surface area contributed by atoms with Crippen LogP contribution in [0, 0.1) is 5.92 Å². The Kier molecular flexibility index (Phi) is 4.32. The summed E-state index contributed by atoms with van der Waals surface area (Å²) in [5, 5.41) is 0. The van der Waals surface area contributed by atoms with E-state index in [0.717, 1.165) is 19.4 Å². The number of carbonyl (C=O) groups is 1. The number of rotatable bonds is 3. The number of hydrogen-bond donors (Lipinski definition) is 1. The quantitative estimate of drug-likeness (QED) is 0.721. The third-order valence-corrected chi connectivity index (χ3v) is 2.93. The van der Waals surface area contributed by atoms with Gasteiger partial charge in [-0.1, -0.05) is 19.1 Å². The summed E-state index contributed by atoms with van der Waals surface area (Å²) >= 11 is 4.80. The Morgan fingerprint density at radius 2 is 2.36 bits per heavy atom. The van der Waals surface area contributed by atoms with E-state index in [1.807, 2.05) is 4.90 Å². The molecule has 1 aliphatic rings. The largest absolute Gasteiger partial charge is 0.393 e. The number of carbonyl (C=O) groups excluding carboxylic acids is 1. The maximum absolute atomic E-state index is 11.6. The molecule has 0 aromatic rings. The molecule has 1 amide bonds. The van der Waals surface area contributed by atoms with Gasteiger partial charge in [0.25, 0.3) is 0 Å². The summed E-state index contributed by atoms with van der Waals surface area (Å²) < 4.78 is 0. The molecule has 80 valence electrons. The predicted octanol–water partition coefficient (Wildman–Crippen LogP) is 1.31. The number of hydrogen-bond acceptors (Lipinski definition) is 2. The molecule has 4 heteroatoms. The zero-order valence-electron chi connectivity index (χ0n) is 8.66. The van der Waals surface area contributed by atoms with Crippen LogP contribution >= 0.6 is 12.2 Å². The fraction of sp³-hybridized carbons (Fsp3) is 0.800. The Balaban J connectivity index is 2.41. The lowest BCUT2D eigenvalue weighted by atomic mass is 10.0. The summed E-state index contributed by atoms with van der Waals surface area (Å²) in [6.07, 6.45) is 3.44. The first-order valence-electron chi connectivity index (χ1n) is 5.15. The number of likely N-dealkylation sites (tertiary alicyclic amines) is 1. The van der Waals surface area contributed by atoms with Crippen LogP contribution in [0.2, 0.25) is 0 Å². The molecule has 2 N–H and O–H groups in total. The summed E-state index contributed by atoms with van der Waals surface area (Å²) in [7, 11) is 0. The van der Waals surface area contributed by atoms with Crippen molar-refractivity contribution in [1.29, 1.82) is 0 Å². The Morgan fingerprint density at radius 1 is 1.64 bits per heavy atom.